The molecule has 0 radical (unpaired) electrons. The molecule has 1 spiro atoms. The molecule has 1 atom stereocenters. The summed E-state index contributed by atoms with van der Waals surface area (Å²) in [6.45, 7) is 3.29. The third-order valence-electron chi connectivity index (χ3n) is 5.45. The van der Waals surface area contributed by atoms with E-state index < -0.39 is 0 Å². The first-order valence-electron chi connectivity index (χ1n) is 9.39. The van der Waals surface area contributed by atoms with Crippen LogP contribution < -0.4 is 10.1 Å². The van der Waals surface area contributed by atoms with E-state index in [0.29, 0.717) is 6.04 Å². The van der Waals surface area contributed by atoms with Crippen molar-refractivity contribution in [1.82, 2.24) is 15.1 Å². The Morgan fingerprint density at radius 2 is 2.19 bits per heavy atom. The molecule has 2 aliphatic heterocycles. The fraction of sp³-hybridized carbons (Fsp3) is 0.550. The Kier molecular flexibility index (Phi) is 5.24. The Morgan fingerprint density at radius 3 is 3.04 bits per heavy atom. The molecule has 2 fully saturated rings. The molecule has 3 heterocycles. The largest absolute Gasteiger partial charge is 0.497 e. The summed E-state index contributed by atoms with van der Waals surface area (Å²) in [7, 11) is 1.68. The Balaban J connectivity index is 1.35. The van der Waals surface area contributed by atoms with Gasteiger partial charge >= 0.3 is 0 Å². The summed E-state index contributed by atoms with van der Waals surface area (Å²) in [5, 5.41) is 8.19. The second-order valence-corrected chi connectivity index (χ2v) is 7.21. The number of nitrogens with zero attached hydrogens (tertiary/aromatic N) is 2. The van der Waals surface area contributed by atoms with Crippen LogP contribution in [0, 0.1) is 0 Å². The van der Waals surface area contributed by atoms with Gasteiger partial charge in [0.2, 0.25) is 0 Å². The number of methoxy groups -OCH3 is 1. The van der Waals surface area contributed by atoms with E-state index >= 15 is 0 Å². The maximum absolute atomic E-state index is 6.12. The van der Waals surface area contributed by atoms with Crippen LogP contribution >= 0.6 is 0 Å². The van der Waals surface area contributed by atoms with Gasteiger partial charge in [0.1, 0.15) is 5.75 Å². The van der Waals surface area contributed by atoms with Crippen LogP contribution in [-0.2, 0) is 16.0 Å². The van der Waals surface area contributed by atoms with Crippen LogP contribution in [0.4, 0.5) is 0 Å². The zero-order valence-electron chi connectivity index (χ0n) is 15.3. The maximum Gasteiger partial charge on any atom is 0.121 e. The lowest BCUT2D eigenvalue weighted by Gasteiger charge is -2.43. The molecule has 1 unspecified atom stereocenters. The van der Waals surface area contributed by atoms with Gasteiger partial charge < -0.3 is 19.5 Å². The third kappa shape index (κ3) is 3.92. The van der Waals surface area contributed by atoms with Gasteiger partial charge in [-0.25, -0.2) is 4.68 Å². The molecule has 1 aromatic carbocycles. The number of aromatic nitrogens is 2. The van der Waals surface area contributed by atoms with Crippen LogP contribution in [0.25, 0.3) is 5.69 Å². The predicted octanol–water partition coefficient (Wildman–Crippen LogP) is 2.70. The summed E-state index contributed by atoms with van der Waals surface area (Å²) in [4.78, 5) is 0. The number of hydrogen-bond donors (Lipinski definition) is 1. The van der Waals surface area contributed by atoms with E-state index in [1.54, 1.807) is 7.11 Å². The predicted molar refractivity (Wildman–Crippen MR) is 98.7 cm³/mol. The highest BCUT2D eigenvalue weighted by Gasteiger charge is 2.38. The number of nitrogens with one attached hydrogen (secondary N) is 1. The van der Waals surface area contributed by atoms with Gasteiger partial charge in [-0.1, -0.05) is 6.07 Å². The van der Waals surface area contributed by atoms with E-state index in [1.165, 1.54) is 5.56 Å². The molecule has 2 aromatic rings. The highest BCUT2D eigenvalue weighted by Crippen LogP contribution is 2.34. The molecule has 26 heavy (non-hydrogen) atoms. The average molecular weight is 357 g/mol. The lowest BCUT2D eigenvalue weighted by molar-refractivity contribution is -0.140. The SMILES string of the molecule is COc1cccc(-n2cc(CNC3CCOC4(CCOCC4)C3)cn2)c1. The number of benzene rings is 1. The number of hydrogen-bond acceptors (Lipinski definition) is 5. The van der Waals surface area contributed by atoms with Crippen molar-refractivity contribution in [3.05, 3.63) is 42.2 Å². The van der Waals surface area contributed by atoms with Gasteiger partial charge in [0.15, 0.2) is 0 Å². The summed E-state index contributed by atoms with van der Waals surface area (Å²) in [6, 6.07) is 8.41. The second-order valence-electron chi connectivity index (χ2n) is 7.21. The van der Waals surface area contributed by atoms with Crippen LogP contribution in [-0.4, -0.2) is 48.4 Å². The monoisotopic (exact) mass is 357 g/mol. The normalized spacial score (nSPS) is 22.4. The van der Waals surface area contributed by atoms with Crippen LogP contribution in [0.5, 0.6) is 5.75 Å². The topological polar surface area (TPSA) is 57.5 Å². The third-order valence-corrected chi connectivity index (χ3v) is 5.45. The molecular formula is C20H27N3O3. The quantitative estimate of drug-likeness (QED) is 0.892. The fourth-order valence-electron chi connectivity index (χ4n) is 3.90. The first kappa shape index (κ1) is 17.5. The fourth-order valence-corrected chi connectivity index (χ4v) is 3.90. The van der Waals surface area contributed by atoms with Crippen molar-refractivity contribution in [3.63, 3.8) is 0 Å². The maximum atomic E-state index is 6.12. The average Bonchev–Trinajstić information content (AvgIpc) is 3.16. The van der Waals surface area contributed by atoms with Crippen LogP contribution in [0.1, 0.15) is 31.2 Å². The summed E-state index contributed by atoms with van der Waals surface area (Å²) < 4.78 is 18.8. The molecule has 140 valence electrons. The second kappa shape index (κ2) is 7.78. The van der Waals surface area contributed by atoms with Crippen molar-refractivity contribution in [1.29, 1.82) is 0 Å². The Hall–Kier alpha value is -1.89. The van der Waals surface area contributed by atoms with E-state index in [9.17, 15) is 0 Å². The van der Waals surface area contributed by atoms with Gasteiger partial charge in [-0.2, -0.15) is 5.10 Å². The zero-order chi connectivity index (χ0) is 17.8. The molecule has 0 aliphatic carbocycles. The van der Waals surface area contributed by atoms with E-state index in [1.807, 2.05) is 35.1 Å². The van der Waals surface area contributed by atoms with Gasteiger partial charge in [-0.3, -0.25) is 0 Å². The Bertz CT molecular complexity index is 719. The minimum absolute atomic E-state index is 0.0267. The summed E-state index contributed by atoms with van der Waals surface area (Å²) in [6.07, 6.45) is 8.16. The summed E-state index contributed by atoms with van der Waals surface area (Å²) in [5.74, 6) is 0.835. The van der Waals surface area contributed by atoms with Gasteiger partial charge in [-0.15, -0.1) is 0 Å². The van der Waals surface area contributed by atoms with Gasteiger partial charge in [0.05, 0.1) is 24.6 Å². The van der Waals surface area contributed by atoms with E-state index in [2.05, 4.69) is 16.6 Å². The molecule has 6 heteroatoms. The van der Waals surface area contributed by atoms with Crippen molar-refractivity contribution >= 4 is 0 Å². The molecule has 0 amide bonds. The van der Waals surface area contributed by atoms with E-state index in [-0.39, 0.29) is 5.60 Å². The van der Waals surface area contributed by atoms with Crippen LogP contribution in [0.2, 0.25) is 0 Å². The lowest BCUT2D eigenvalue weighted by atomic mass is 9.84. The summed E-state index contributed by atoms with van der Waals surface area (Å²) in [5.41, 5.74) is 2.21. The zero-order valence-corrected chi connectivity index (χ0v) is 15.3. The molecule has 1 N–H and O–H groups in total. The summed E-state index contributed by atoms with van der Waals surface area (Å²) >= 11 is 0. The van der Waals surface area contributed by atoms with Crippen molar-refractivity contribution in [2.45, 2.75) is 43.9 Å². The molecular weight excluding hydrogens is 330 g/mol. The van der Waals surface area contributed by atoms with Gasteiger partial charge in [0.25, 0.3) is 0 Å². The molecule has 2 aliphatic rings. The Morgan fingerprint density at radius 1 is 1.31 bits per heavy atom. The van der Waals surface area contributed by atoms with Crippen molar-refractivity contribution in [2.24, 2.45) is 0 Å². The number of ether oxygens (including phenoxy) is 3. The minimum Gasteiger partial charge on any atom is -0.497 e. The molecule has 1 aromatic heterocycles. The van der Waals surface area contributed by atoms with Crippen molar-refractivity contribution in [2.75, 3.05) is 26.9 Å². The van der Waals surface area contributed by atoms with Crippen molar-refractivity contribution in [3.8, 4) is 11.4 Å². The highest BCUT2D eigenvalue weighted by molar-refractivity contribution is 5.38. The molecule has 0 saturated carbocycles. The van der Waals surface area contributed by atoms with E-state index in [0.717, 1.165) is 63.5 Å². The smallest absolute Gasteiger partial charge is 0.121 e. The lowest BCUT2D eigenvalue weighted by Crippen LogP contribution is -2.49. The highest BCUT2D eigenvalue weighted by atomic mass is 16.5. The van der Waals surface area contributed by atoms with Gasteiger partial charge in [0, 0.05) is 50.2 Å². The molecule has 2 saturated heterocycles. The van der Waals surface area contributed by atoms with Crippen LogP contribution in [0.3, 0.4) is 0 Å². The molecule has 6 nitrogen and oxygen atoms in total. The number of rotatable bonds is 5. The van der Waals surface area contributed by atoms with E-state index in [4.69, 9.17) is 14.2 Å². The van der Waals surface area contributed by atoms with Gasteiger partial charge in [-0.05, 0) is 37.8 Å². The van der Waals surface area contributed by atoms with Crippen molar-refractivity contribution < 1.29 is 14.2 Å². The Labute approximate surface area is 154 Å². The van der Waals surface area contributed by atoms with Crippen LogP contribution in [0.15, 0.2) is 36.7 Å². The first-order chi connectivity index (χ1) is 12.8. The first-order valence-corrected chi connectivity index (χ1v) is 9.39. The molecule has 4 rings (SSSR count). The standard InChI is InChI=1S/C20H27N3O3/c1-24-19-4-2-3-18(11-19)23-15-16(14-22-23)13-21-17-5-8-26-20(12-17)6-9-25-10-7-20/h2-4,11,14-15,17,21H,5-10,12-13H2,1H3. The molecule has 0 bridgehead atoms. The minimum atomic E-state index is 0.0267.